The van der Waals surface area contributed by atoms with Gasteiger partial charge in [0.05, 0.1) is 7.11 Å². The normalized spacial score (nSPS) is 10.4. The van der Waals surface area contributed by atoms with Crippen LogP contribution in [0, 0.1) is 13.8 Å². The number of alkyl halides is 3. The lowest BCUT2D eigenvalue weighted by Crippen LogP contribution is -2.27. The number of hydrogen-bond donors (Lipinski definition) is 1. The van der Waals surface area contributed by atoms with E-state index in [4.69, 9.17) is 0 Å². The number of allylic oxidation sites excluding steroid dienone is 2. The quantitative estimate of drug-likeness (QED) is 0.247. The zero-order valence-corrected chi connectivity index (χ0v) is 22.0. The summed E-state index contributed by atoms with van der Waals surface area (Å²) in [6.07, 6.45) is 1.87. The summed E-state index contributed by atoms with van der Waals surface area (Å²) < 4.78 is 45.3. The third-order valence-corrected chi connectivity index (χ3v) is 4.86. The first-order valence-electron chi connectivity index (χ1n) is 11.5. The van der Waals surface area contributed by atoms with Crippen LogP contribution in [-0.2, 0) is 9.53 Å². The van der Waals surface area contributed by atoms with Crippen LogP contribution < -0.4 is 10.1 Å². The van der Waals surface area contributed by atoms with E-state index in [-0.39, 0.29) is 17.0 Å². The molecule has 0 saturated carbocycles. The largest absolute Gasteiger partial charge is 0.573 e. The number of amides is 1. The lowest BCUT2D eigenvalue weighted by molar-refractivity contribution is -0.274. The van der Waals surface area contributed by atoms with E-state index in [1.54, 1.807) is 19.1 Å². The molecule has 0 aliphatic heterocycles. The van der Waals surface area contributed by atoms with Crippen LogP contribution >= 0.6 is 0 Å². The molecule has 0 fully saturated rings. The number of aryl methyl sites for hydroxylation is 1. The number of carbonyl (C=O) groups excluding carboxylic acids is 2. The average molecular weight is 508 g/mol. The highest BCUT2D eigenvalue weighted by Gasteiger charge is 2.31. The Labute approximate surface area is 212 Å². The summed E-state index contributed by atoms with van der Waals surface area (Å²) in [5, 5.41) is 2.35. The molecule has 0 saturated heterocycles. The van der Waals surface area contributed by atoms with Gasteiger partial charge in [0.15, 0.2) is 0 Å². The zero-order chi connectivity index (χ0) is 27.9. The Morgan fingerprint density at radius 2 is 1.53 bits per heavy atom. The fraction of sp³-hybridized carbons (Fsp3) is 0.357. The van der Waals surface area contributed by atoms with Crippen LogP contribution in [0.2, 0.25) is 0 Å². The van der Waals surface area contributed by atoms with Gasteiger partial charge in [-0.1, -0.05) is 57.6 Å². The van der Waals surface area contributed by atoms with E-state index >= 15 is 0 Å². The van der Waals surface area contributed by atoms with E-state index in [0.29, 0.717) is 11.1 Å². The second-order valence-electron chi connectivity index (χ2n) is 7.63. The minimum absolute atomic E-state index is 0.207. The fourth-order valence-electron chi connectivity index (χ4n) is 2.51. The molecule has 2 aromatic carbocycles. The Bertz CT molecular complexity index is 1020. The first kappa shape index (κ1) is 32.5. The molecule has 0 radical (unpaired) electrons. The van der Waals surface area contributed by atoms with E-state index in [9.17, 15) is 22.8 Å². The number of halogens is 3. The molecule has 0 aromatic heterocycles. The molecule has 2 aromatic rings. The monoisotopic (exact) mass is 507 g/mol. The van der Waals surface area contributed by atoms with Crippen molar-refractivity contribution in [1.82, 2.24) is 5.32 Å². The Kier molecular flexibility index (Phi) is 14.6. The van der Waals surface area contributed by atoms with Crippen molar-refractivity contribution in [2.45, 2.75) is 60.7 Å². The molecule has 0 spiro atoms. The highest BCUT2D eigenvalue weighted by Crippen LogP contribution is 2.30. The van der Waals surface area contributed by atoms with Gasteiger partial charge in [0.2, 0.25) is 0 Å². The van der Waals surface area contributed by atoms with Crippen molar-refractivity contribution < 1.29 is 32.2 Å². The van der Waals surface area contributed by atoms with Crippen molar-refractivity contribution in [2.24, 2.45) is 0 Å². The number of unbranched alkanes of at least 4 members (excludes halogenated alkanes) is 1. The van der Waals surface area contributed by atoms with Crippen LogP contribution in [0.3, 0.4) is 0 Å². The molecule has 0 aliphatic rings. The lowest BCUT2D eigenvalue weighted by atomic mass is 9.94. The summed E-state index contributed by atoms with van der Waals surface area (Å²) in [7, 11) is 1.17. The van der Waals surface area contributed by atoms with E-state index in [2.05, 4.69) is 35.2 Å². The van der Waals surface area contributed by atoms with Crippen molar-refractivity contribution >= 4 is 11.9 Å². The molecular weight excluding hydrogens is 471 g/mol. The van der Waals surface area contributed by atoms with Crippen LogP contribution in [0.15, 0.2) is 60.8 Å². The maximum atomic E-state index is 12.4. The molecule has 0 bridgehead atoms. The second-order valence-corrected chi connectivity index (χ2v) is 7.63. The third-order valence-electron chi connectivity index (χ3n) is 4.86. The maximum absolute atomic E-state index is 12.4. The van der Waals surface area contributed by atoms with Crippen molar-refractivity contribution in [3.05, 3.63) is 77.5 Å². The Hall–Kier alpha value is -3.55. The second kappa shape index (κ2) is 16.2. The summed E-state index contributed by atoms with van der Waals surface area (Å²) in [5.74, 6) is -1.66. The van der Waals surface area contributed by atoms with Crippen molar-refractivity contribution in [3.8, 4) is 16.9 Å². The van der Waals surface area contributed by atoms with Gasteiger partial charge in [-0.15, -0.1) is 13.2 Å². The van der Waals surface area contributed by atoms with Crippen molar-refractivity contribution in [3.63, 3.8) is 0 Å². The highest BCUT2D eigenvalue weighted by atomic mass is 19.4. The van der Waals surface area contributed by atoms with Gasteiger partial charge >= 0.3 is 12.3 Å². The van der Waals surface area contributed by atoms with Gasteiger partial charge in [-0.2, -0.15) is 0 Å². The molecule has 0 aliphatic carbocycles. The lowest BCUT2D eigenvalue weighted by Gasteiger charge is -2.14. The summed E-state index contributed by atoms with van der Waals surface area (Å²) in [5.41, 5.74) is 2.97. The van der Waals surface area contributed by atoms with E-state index in [1.165, 1.54) is 44.2 Å². The smallest absolute Gasteiger partial charge is 0.464 e. The molecular formula is C28H36F3NO4. The van der Waals surface area contributed by atoms with Crippen LogP contribution in [0.1, 0.15) is 62.0 Å². The minimum Gasteiger partial charge on any atom is -0.464 e. The highest BCUT2D eigenvalue weighted by molar-refractivity contribution is 6.01. The van der Waals surface area contributed by atoms with Crippen LogP contribution in [0.25, 0.3) is 11.1 Å². The molecule has 1 N–H and O–H groups in total. The maximum Gasteiger partial charge on any atom is 0.573 e. The number of nitrogens with one attached hydrogen (secondary N) is 1. The standard InChI is InChI=1S/C20H18F3NO4.C4H10.C4H8/c1-11-9-15(18(25)24-13(3)19(26)27-4)10-17(12(11)2)14-5-7-16(8-6-14)28-20(21,22)23;2*1-3-4-2/h5-10H,3H2,1-2,4H3,(H,24,25);3-4H2,1-2H3;3-4H,1-2H3/b;;4-3-. The predicted molar refractivity (Wildman–Crippen MR) is 138 cm³/mol. The molecule has 36 heavy (non-hydrogen) atoms. The molecule has 5 nitrogen and oxygen atoms in total. The average Bonchev–Trinajstić information content (AvgIpc) is 2.84. The van der Waals surface area contributed by atoms with E-state index < -0.39 is 18.2 Å². The molecule has 198 valence electrons. The van der Waals surface area contributed by atoms with E-state index in [1.807, 2.05) is 32.9 Å². The minimum atomic E-state index is -4.77. The van der Waals surface area contributed by atoms with Crippen LogP contribution in [0.4, 0.5) is 13.2 Å². The van der Waals surface area contributed by atoms with E-state index in [0.717, 1.165) is 11.1 Å². The van der Waals surface area contributed by atoms with Crippen molar-refractivity contribution in [2.75, 3.05) is 7.11 Å². The van der Waals surface area contributed by atoms with Gasteiger partial charge in [0.25, 0.3) is 5.91 Å². The van der Waals surface area contributed by atoms with Gasteiger partial charge in [0, 0.05) is 5.56 Å². The summed E-state index contributed by atoms with van der Waals surface area (Å²) >= 11 is 0. The van der Waals surface area contributed by atoms with Crippen LogP contribution in [-0.4, -0.2) is 25.3 Å². The van der Waals surface area contributed by atoms with Gasteiger partial charge in [-0.25, -0.2) is 4.79 Å². The van der Waals surface area contributed by atoms with Crippen molar-refractivity contribution in [1.29, 1.82) is 0 Å². The fourth-order valence-corrected chi connectivity index (χ4v) is 2.51. The number of rotatable bonds is 6. The molecule has 0 atom stereocenters. The number of methoxy groups -OCH3 is 1. The number of hydrogen-bond acceptors (Lipinski definition) is 4. The molecule has 8 heteroatoms. The summed E-state index contributed by atoms with van der Waals surface area (Å²) in [6.45, 7) is 15.4. The topological polar surface area (TPSA) is 64.6 Å². The summed E-state index contributed by atoms with van der Waals surface area (Å²) in [6, 6.07) is 8.56. The number of ether oxygens (including phenoxy) is 2. The zero-order valence-electron chi connectivity index (χ0n) is 22.0. The Balaban J connectivity index is 0.00000133. The van der Waals surface area contributed by atoms with Gasteiger partial charge in [-0.05, 0) is 74.2 Å². The molecule has 1 amide bonds. The Morgan fingerprint density at radius 3 is 1.94 bits per heavy atom. The predicted octanol–water partition coefficient (Wildman–Crippen LogP) is 7.67. The van der Waals surface area contributed by atoms with Gasteiger partial charge in [-0.3, -0.25) is 4.79 Å². The van der Waals surface area contributed by atoms with Gasteiger partial charge < -0.3 is 14.8 Å². The molecule has 2 rings (SSSR count). The van der Waals surface area contributed by atoms with Gasteiger partial charge in [0.1, 0.15) is 11.4 Å². The SMILES string of the molecule is C/C=C\C.C=C(NC(=O)c1cc(C)c(C)c(-c2ccc(OC(F)(F)F)cc2)c1)C(=O)OC.CCCC. The van der Waals surface area contributed by atoms with Crippen LogP contribution in [0.5, 0.6) is 5.75 Å². The first-order valence-corrected chi connectivity index (χ1v) is 11.5. The Morgan fingerprint density at radius 1 is 1.00 bits per heavy atom. The molecule has 0 heterocycles. The number of carbonyl (C=O) groups is 2. The first-order chi connectivity index (χ1) is 16.8. The summed E-state index contributed by atoms with van der Waals surface area (Å²) in [4.78, 5) is 23.8. The number of esters is 1. The third kappa shape index (κ3) is 11.7. The number of benzene rings is 2. The molecule has 0 unspecified atom stereocenters.